The minimum Gasteiger partial charge on any atom is -0.491 e. The molecule has 12 heavy (non-hydrogen) atoms. The number of hydrogen-bond acceptors (Lipinski definition) is 3. The highest BCUT2D eigenvalue weighted by atomic mass is 16.5. The van der Waals surface area contributed by atoms with Gasteiger partial charge in [0.25, 0.3) is 0 Å². The van der Waals surface area contributed by atoms with Gasteiger partial charge in [-0.25, -0.2) is 0 Å². The van der Waals surface area contributed by atoms with E-state index in [0.29, 0.717) is 5.92 Å². The summed E-state index contributed by atoms with van der Waals surface area (Å²) in [5.74, 6) is 1.34. The molecule has 0 N–H and O–H groups in total. The zero-order valence-electron chi connectivity index (χ0n) is 7.58. The molecule has 1 atom stereocenters. The average Bonchev–Trinajstić information content (AvgIpc) is 2.03. The van der Waals surface area contributed by atoms with Crippen LogP contribution in [0.15, 0.2) is 34.3 Å². The lowest BCUT2D eigenvalue weighted by Gasteiger charge is -2.22. The minimum absolute atomic E-state index is 0.563. The second kappa shape index (κ2) is 4.04. The van der Waals surface area contributed by atoms with E-state index in [1.165, 1.54) is 0 Å². The van der Waals surface area contributed by atoms with Gasteiger partial charge >= 0.3 is 0 Å². The van der Waals surface area contributed by atoms with E-state index >= 15 is 0 Å². The zero-order valence-corrected chi connectivity index (χ0v) is 7.58. The molecule has 0 aromatic rings. The summed E-state index contributed by atoms with van der Waals surface area (Å²) >= 11 is 0. The maximum absolute atomic E-state index is 5.41. The highest BCUT2D eigenvalue weighted by molar-refractivity contribution is 5.24. The first-order chi connectivity index (χ1) is 5.74. The Balaban J connectivity index is 2.62. The summed E-state index contributed by atoms with van der Waals surface area (Å²) in [7, 11) is 1.63. The molecule has 0 bridgehead atoms. The molecule has 0 saturated carbocycles. The van der Waals surface area contributed by atoms with Gasteiger partial charge in [-0.1, -0.05) is 13.5 Å². The van der Waals surface area contributed by atoms with Crippen molar-refractivity contribution in [3.8, 4) is 0 Å². The fraction of sp³-hybridized carbons (Fsp3) is 0.556. The lowest BCUT2D eigenvalue weighted by Crippen LogP contribution is -2.14. The Morgan fingerprint density at radius 1 is 1.67 bits per heavy atom. The summed E-state index contributed by atoms with van der Waals surface area (Å²) in [5.41, 5.74) is 1.01. The first-order valence-electron chi connectivity index (χ1n) is 4.04. The molecule has 1 saturated heterocycles. The van der Waals surface area contributed by atoms with Crippen LogP contribution >= 0.6 is 0 Å². The van der Waals surface area contributed by atoms with Crippen molar-refractivity contribution in [1.82, 2.24) is 0 Å². The molecule has 0 aliphatic carbocycles. The monoisotopic (exact) mass is 166 g/mol. The second-order valence-electron chi connectivity index (χ2n) is 3.03. The zero-order chi connectivity index (χ0) is 8.97. The molecule has 1 aliphatic heterocycles. The van der Waals surface area contributed by atoms with Crippen LogP contribution in [-0.2, 0) is 4.74 Å². The fourth-order valence-corrected chi connectivity index (χ4v) is 1.15. The van der Waals surface area contributed by atoms with Crippen LogP contribution in [-0.4, -0.2) is 13.7 Å². The number of azo groups is 1. The van der Waals surface area contributed by atoms with Crippen molar-refractivity contribution in [2.45, 2.75) is 13.3 Å². The van der Waals surface area contributed by atoms with E-state index in [4.69, 9.17) is 4.74 Å². The van der Waals surface area contributed by atoms with Crippen molar-refractivity contribution < 1.29 is 4.74 Å². The number of allylic oxidation sites excluding steroid dienone is 1. The molecule has 66 valence electrons. The highest BCUT2D eigenvalue weighted by Gasteiger charge is 2.16. The quantitative estimate of drug-likeness (QED) is 0.551. The summed E-state index contributed by atoms with van der Waals surface area (Å²) in [4.78, 5) is 0. The largest absolute Gasteiger partial charge is 0.491 e. The van der Waals surface area contributed by atoms with Gasteiger partial charge in [0, 0.05) is 7.05 Å². The van der Waals surface area contributed by atoms with Crippen molar-refractivity contribution in [1.29, 1.82) is 0 Å². The Kier molecular flexibility index (Phi) is 3.02. The number of hydrogen-bond donors (Lipinski definition) is 0. The Bertz CT molecular complexity index is 231. The summed E-state index contributed by atoms with van der Waals surface area (Å²) in [6.45, 7) is 6.80. The summed E-state index contributed by atoms with van der Waals surface area (Å²) in [6.07, 6.45) is 2.61. The third-order valence-electron chi connectivity index (χ3n) is 1.76. The molecule has 0 aromatic heterocycles. The molecule has 1 fully saturated rings. The van der Waals surface area contributed by atoms with Crippen LogP contribution in [0, 0.1) is 5.92 Å². The molecule has 3 nitrogen and oxygen atoms in total. The van der Waals surface area contributed by atoms with Crippen molar-refractivity contribution >= 4 is 0 Å². The highest BCUT2D eigenvalue weighted by Crippen LogP contribution is 2.25. The first kappa shape index (κ1) is 8.97. The van der Waals surface area contributed by atoms with Crippen LogP contribution in [0.25, 0.3) is 0 Å². The van der Waals surface area contributed by atoms with E-state index in [-0.39, 0.29) is 0 Å². The Labute approximate surface area is 72.8 Å². The average molecular weight is 166 g/mol. The molecule has 1 rings (SSSR count). The molecular weight excluding hydrogens is 152 g/mol. The van der Waals surface area contributed by atoms with Crippen LogP contribution in [0.5, 0.6) is 0 Å². The van der Waals surface area contributed by atoms with E-state index in [9.17, 15) is 0 Å². The van der Waals surface area contributed by atoms with Crippen LogP contribution in [0.4, 0.5) is 0 Å². The first-order valence-corrected chi connectivity index (χ1v) is 4.04. The predicted molar refractivity (Wildman–Crippen MR) is 47.7 cm³/mol. The third-order valence-corrected chi connectivity index (χ3v) is 1.76. The molecule has 0 spiro atoms. The molecule has 0 amide bonds. The van der Waals surface area contributed by atoms with Gasteiger partial charge in [0.1, 0.15) is 5.76 Å². The summed E-state index contributed by atoms with van der Waals surface area (Å²) < 4.78 is 5.41. The molecular formula is C9H14N2O. The van der Waals surface area contributed by atoms with Crippen LogP contribution < -0.4 is 0 Å². The Morgan fingerprint density at radius 3 is 3.00 bits per heavy atom. The molecule has 1 heterocycles. The van der Waals surface area contributed by atoms with Crippen molar-refractivity contribution in [3.63, 3.8) is 0 Å². The van der Waals surface area contributed by atoms with Crippen LogP contribution in [0.2, 0.25) is 0 Å². The topological polar surface area (TPSA) is 34.0 Å². The van der Waals surface area contributed by atoms with Gasteiger partial charge in [-0.05, 0) is 17.9 Å². The van der Waals surface area contributed by atoms with E-state index in [0.717, 1.165) is 24.4 Å². The lowest BCUT2D eigenvalue weighted by molar-refractivity contribution is 0.151. The molecule has 0 radical (unpaired) electrons. The lowest BCUT2D eigenvalue weighted by atomic mass is 9.99. The van der Waals surface area contributed by atoms with Gasteiger partial charge in [-0.15, -0.1) is 0 Å². The smallest absolute Gasteiger partial charge is 0.142 e. The van der Waals surface area contributed by atoms with E-state index < -0.39 is 0 Å². The standard InChI is InChI=1S/C9H14N2O/c1-7-4-8(2)9(12-6-7)5-11-10-3/h5,7H,2,4,6H2,1,3H3/b9-5+,11-10-. The number of nitrogens with zero attached hydrogens (tertiary/aromatic N) is 2. The fourth-order valence-electron chi connectivity index (χ4n) is 1.15. The van der Waals surface area contributed by atoms with E-state index in [1.807, 2.05) is 0 Å². The number of rotatable bonds is 1. The van der Waals surface area contributed by atoms with E-state index in [1.54, 1.807) is 13.2 Å². The van der Waals surface area contributed by atoms with Gasteiger partial charge in [0.2, 0.25) is 0 Å². The predicted octanol–water partition coefficient (Wildman–Crippen LogP) is 2.52. The van der Waals surface area contributed by atoms with E-state index in [2.05, 4.69) is 23.7 Å². The second-order valence-corrected chi connectivity index (χ2v) is 3.03. The van der Waals surface area contributed by atoms with Gasteiger partial charge in [-0.2, -0.15) is 10.2 Å². The summed E-state index contributed by atoms with van der Waals surface area (Å²) in [6, 6.07) is 0. The molecule has 3 heteroatoms. The molecule has 1 aliphatic rings. The SMILES string of the molecule is C=C1CC(C)CO/C1=C/N=N\C. The van der Waals surface area contributed by atoms with Gasteiger partial charge < -0.3 is 4.74 Å². The minimum atomic E-state index is 0.563. The Hall–Kier alpha value is -1.12. The summed E-state index contributed by atoms with van der Waals surface area (Å²) in [5, 5.41) is 7.36. The van der Waals surface area contributed by atoms with Gasteiger partial charge in [0.15, 0.2) is 0 Å². The van der Waals surface area contributed by atoms with Crippen molar-refractivity contribution in [2.75, 3.05) is 13.7 Å². The van der Waals surface area contributed by atoms with Crippen LogP contribution in [0.1, 0.15) is 13.3 Å². The van der Waals surface area contributed by atoms with Gasteiger partial charge in [0.05, 0.1) is 12.8 Å². The van der Waals surface area contributed by atoms with Gasteiger partial charge in [-0.3, -0.25) is 0 Å². The van der Waals surface area contributed by atoms with Crippen molar-refractivity contribution in [3.05, 3.63) is 24.1 Å². The molecule has 0 aromatic carbocycles. The normalized spacial score (nSPS) is 28.0. The Morgan fingerprint density at radius 2 is 2.42 bits per heavy atom. The number of ether oxygens (including phenoxy) is 1. The maximum atomic E-state index is 5.41. The third kappa shape index (κ3) is 2.19. The van der Waals surface area contributed by atoms with Crippen molar-refractivity contribution in [2.24, 2.45) is 16.1 Å². The van der Waals surface area contributed by atoms with Crippen LogP contribution in [0.3, 0.4) is 0 Å². The molecule has 1 unspecified atom stereocenters. The maximum Gasteiger partial charge on any atom is 0.142 e.